The van der Waals surface area contributed by atoms with E-state index in [1.165, 1.54) is 0 Å². The Balaban J connectivity index is 1.34. The van der Waals surface area contributed by atoms with Gasteiger partial charge in [0, 0.05) is 50.6 Å². The van der Waals surface area contributed by atoms with Crippen LogP contribution >= 0.6 is 0 Å². The number of aromatic nitrogens is 1. The van der Waals surface area contributed by atoms with Crippen LogP contribution < -0.4 is 0 Å². The molecule has 2 amide bonds. The molecule has 0 aliphatic carbocycles. The van der Waals surface area contributed by atoms with Gasteiger partial charge >= 0.3 is 0 Å². The molecule has 0 radical (unpaired) electrons. The lowest BCUT2D eigenvalue weighted by atomic mass is 9.71. The predicted molar refractivity (Wildman–Crippen MR) is 103 cm³/mol. The molecule has 1 aromatic heterocycles. The van der Waals surface area contributed by atoms with E-state index in [1.54, 1.807) is 12.4 Å². The molecule has 0 saturated carbocycles. The van der Waals surface area contributed by atoms with Crippen molar-refractivity contribution >= 4 is 11.8 Å². The molecule has 3 heterocycles. The lowest BCUT2D eigenvalue weighted by Crippen LogP contribution is -2.50. The molecule has 2 aliphatic heterocycles. The summed E-state index contributed by atoms with van der Waals surface area (Å²) >= 11 is 0. The van der Waals surface area contributed by atoms with E-state index in [9.17, 15) is 9.59 Å². The highest BCUT2D eigenvalue weighted by molar-refractivity contribution is 5.94. The van der Waals surface area contributed by atoms with Crippen LogP contribution in [0.1, 0.15) is 41.6 Å². The molecule has 140 valence electrons. The Labute approximate surface area is 160 Å². The molecule has 0 N–H and O–H groups in total. The van der Waals surface area contributed by atoms with Gasteiger partial charge in [-0.25, -0.2) is 0 Å². The third-order valence-corrected chi connectivity index (χ3v) is 6.05. The third kappa shape index (κ3) is 3.87. The van der Waals surface area contributed by atoms with Gasteiger partial charge in [-0.15, -0.1) is 0 Å². The fraction of sp³-hybridized carbons (Fsp3) is 0.409. The SMILES string of the molecule is O=C1CC2(CCN1Cc1ccncc1)CCN(C(=O)c1ccccc1)CC2. The van der Waals surface area contributed by atoms with Crippen molar-refractivity contribution in [1.82, 2.24) is 14.8 Å². The van der Waals surface area contributed by atoms with Gasteiger partial charge < -0.3 is 9.80 Å². The number of piperidine rings is 2. The van der Waals surface area contributed by atoms with Crippen molar-refractivity contribution in [2.24, 2.45) is 5.41 Å². The number of pyridine rings is 1. The Hall–Kier alpha value is -2.69. The molecule has 2 fully saturated rings. The minimum absolute atomic E-state index is 0.0687. The van der Waals surface area contributed by atoms with E-state index in [1.807, 2.05) is 52.3 Å². The maximum Gasteiger partial charge on any atom is 0.253 e. The molecule has 5 heteroatoms. The molecule has 2 saturated heterocycles. The first-order chi connectivity index (χ1) is 13.2. The van der Waals surface area contributed by atoms with Crippen LogP contribution in [0.2, 0.25) is 0 Å². The zero-order chi connectivity index (χ0) is 18.7. The van der Waals surface area contributed by atoms with Gasteiger partial charge in [-0.05, 0) is 54.5 Å². The largest absolute Gasteiger partial charge is 0.339 e. The van der Waals surface area contributed by atoms with Crippen LogP contribution in [0, 0.1) is 5.41 Å². The van der Waals surface area contributed by atoms with E-state index in [0.717, 1.165) is 50.0 Å². The molecule has 2 aliphatic rings. The lowest BCUT2D eigenvalue weighted by Gasteiger charge is -2.46. The zero-order valence-electron chi connectivity index (χ0n) is 15.5. The van der Waals surface area contributed by atoms with Crippen LogP contribution in [0.3, 0.4) is 0 Å². The second kappa shape index (κ2) is 7.51. The number of carbonyl (C=O) groups excluding carboxylic acids is 2. The average Bonchev–Trinajstić information content (AvgIpc) is 2.72. The van der Waals surface area contributed by atoms with Crippen molar-refractivity contribution in [1.29, 1.82) is 0 Å². The lowest BCUT2D eigenvalue weighted by molar-refractivity contribution is -0.140. The number of likely N-dealkylation sites (tertiary alicyclic amines) is 2. The Kier molecular flexibility index (Phi) is 4.92. The molecule has 0 atom stereocenters. The first-order valence-electron chi connectivity index (χ1n) is 9.66. The van der Waals surface area contributed by atoms with Crippen molar-refractivity contribution in [2.45, 2.75) is 32.2 Å². The predicted octanol–water partition coefficient (Wildman–Crippen LogP) is 3.13. The quantitative estimate of drug-likeness (QED) is 0.842. The molecular weight excluding hydrogens is 338 g/mol. The molecule has 1 spiro atoms. The van der Waals surface area contributed by atoms with Crippen LogP contribution in [-0.4, -0.2) is 46.2 Å². The highest BCUT2D eigenvalue weighted by Crippen LogP contribution is 2.42. The first-order valence-corrected chi connectivity index (χ1v) is 9.66. The highest BCUT2D eigenvalue weighted by atomic mass is 16.2. The summed E-state index contributed by atoms with van der Waals surface area (Å²) in [5.74, 6) is 0.341. The van der Waals surface area contributed by atoms with Crippen molar-refractivity contribution in [2.75, 3.05) is 19.6 Å². The summed E-state index contributed by atoms with van der Waals surface area (Å²) in [7, 11) is 0. The summed E-state index contributed by atoms with van der Waals surface area (Å²) in [6, 6.07) is 13.4. The van der Waals surface area contributed by atoms with E-state index in [0.29, 0.717) is 13.0 Å². The maximum atomic E-state index is 12.7. The summed E-state index contributed by atoms with van der Waals surface area (Å²) in [5.41, 5.74) is 1.94. The summed E-state index contributed by atoms with van der Waals surface area (Å²) < 4.78 is 0. The van der Waals surface area contributed by atoms with Gasteiger partial charge in [0.2, 0.25) is 5.91 Å². The number of benzene rings is 1. The molecule has 5 nitrogen and oxygen atoms in total. The van der Waals surface area contributed by atoms with Crippen LogP contribution in [-0.2, 0) is 11.3 Å². The van der Waals surface area contributed by atoms with Crippen molar-refractivity contribution in [3.05, 3.63) is 66.0 Å². The van der Waals surface area contributed by atoms with E-state index >= 15 is 0 Å². The average molecular weight is 363 g/mol. The molecule has 4 rings (SSSR count). The fourth-order valence-electron chi connectivity index (χ4n) is 4.27. The zero-order valence-corrected chi connectivity index (χ0v) is 15.5. The van der Waals surface area contributed by atoms with E-state index < -0.39 is 0 Å². The normalized spacial score (nSPS) is 19.3. The Morgan fingerprint density at radius 3 is 2.30 bits per heavy atom. The summed E-state index contributed by atoms with van der Waals surface area (Å²) in [5, 5.41) is 0. The number of hydrogen-bond donors (Lipinski definition) is 0. The topological polar surface area (TPSA) is 53.5 Å². The van der Waals surface area contributed by atoms with E-state index in [4.69, 9.17) is 0 Å². The van der Waals surface area contributed by atoms with Crippen molar-refractivity contribution in [3.8, 4) is 0 Å². The molecule has 27 heavy (non-hydrogen) atoms. The van der Waals surface area contributed by atoms with Crippen LogP contribution in [0.25, 0.3) is 0 Å². The van der Waals surface area contributed by atoms with Gasteiger partial charge in [-0.2, -0.15) is 0 Å². The van der Waals surface area contributed by atoms with Crippen molar-refractivity contribution in [3.63, 3.8) is 0 Å². The van der Waals surface area contributed by atoms with Gasteiger partial charge in [-0.3, -0.25) is 14.6 Å². The summed E-state index contributed by atoms with van der Waals surface area (Å²) in [6.07, 6.45) is 7.00. The Morgan fingerprint density at radius 2 is 1.63 bits per heavy atom. The van der Waals surface area contributed by atoms with E-state index in [2.05, 4.69) is 4.98 Å². The number of nitrogens with zero attached hydrogens (tertiary/aromatic N) is 3. The minimum atomic E-state index is 0.0687. The minimum Gasteiger partial charge on any atom is -0.339 e. The number of carbonyl (C=O) groups is 2. The maximum absolute atomic E-state index is 12.7. The molecule has 2 aromatic rings. The van der Waals surface area contributed by atoms with Gasteiger partial charge in [0.15, 0.2) is 0 Å². The van der Waals surface area contributed by atoms with Crippen LogP contribution in [0.15, 0.2) is 54.9 Å². The van der Waals surface area contributed by atoms with Crippen LogP contribution in [0.4, 0.5) is 0 Å². The van der Waals surface area contributed by atoms with Gasteiger partial charge in [0.1, 0.15) is 0 Å². The van der Waals surface area contributed by atoms with Gasteiger partial charge in [0.05, 0.1) is 0 Å². The monoisotopic (exact) mass is 363 g/mol. The fourth-order valence-corrected chi connectivity index (χ4v) is 4.27. The molecule has 0 bridgehead atoms. The first kappa shape index (κ1) is 17.7. The third-order valence-electron chi connectivity index (χ3n) is 6.05. The van der Waals surface area contributed by atoms with Crippen LogP contribution in [0.5, 0.6) is 0 Å². The summed E-state index contributed by atoms with van der Waals surface area (Å²) in [6.45, 7) is 2.95. The van der Waals surface area contributed by atoms with Gasteiger partial charge in [-0.1, -0.05) is 18.2 Å². The van der Waals surface area contributed by atoms with Gasteiger partial charge in [0.25, 0.3) is 5.91 Å². The Morgan fingerprint density at radius 1 is 0.963 bits per heavy atom. The van der Waals surface area contributed by atoms with Crippen molar-refractivity contribution < 1.29 is 9.59 Å². The smallest absolute Gasteiger partial charge is 0.253 e. The summed E-state index contributed by atoms with van der Waals surface area (Å²) in [4.78, 5) is 33.3. The van der Waals surface area contributed by atoms with E-state index in [-0.39, 0.29) is 17.2 Å². The second-order valence-corrected chi connectivity index (χ2v) is 7.76. The number of amides is 2. The standard InChI is InChI=1S/C22H25N3O2/c26-20-16-22(10-15-25(20)17-18-6-11-23-12-7-18)8-13-24(14-9-22)21(27)19-4-2-1-3-5-19/h1-7,11-12H,8-10,13-17H2. The number of rotatable bonds is 3. The highest BCUT2D eigenvalue weighted by Gasteiger charge is 2.41. The molecule has 0 unspecified atom stereocenters. The number of hydrogen-bond acceptors (Lipinski definition) is 3. The Bertz CT molecular complexity index is 799. The molecule has 1 aromatic carbocycles. The molecular formula is C22H25N3O2. The second-order valence-electron chi connectivity index (χ2n) is 7.76.